The van der Waals surface area contributed by atoms with E-state index in [1.807, 2.05) is 0 Å². The molecule has 4 nitrogen and oxygen atoms in total. The van der Waals surface area contributed by atoms with Crippen LogP contribution in [0.1, 0.15) is 0 Å². The van der Waals surface area contributed by atoms with Crippen LogP contribution in [0.25, 0.3) is 0 Å². The summed E-state index contributed by atoms with van der Waals surface area (Å²) in [7, 11) is 0.808. The van der Waals surface area contributed by atoms with Crippen molar-refractivity contribution in [1.82, 2.24) is 0 Å². The van der Waals surface area contributed by atoms with Crippen molar-refractivity contribution in [3.63, 3.8) is 0 Å². The lowest BCUT2D eigenvalue weighted by Crippen LogP contribution is -2.47. The lowest BCUT2D eigenvalue weighted by Gasteiger charge is -2.23. The molecule has 0 amide bonds. The van der Waals surface area contributed by atoms with Gasteiger partial charge in [-0.3, -0.25) is 4.74 Å². The summed E-state index contributed by atoms with van der Waals surface area (Å²) >= 11 is 0. The number of ether oxygens (including phenoxy) is 2. The van der Waals surface area contributed by atoms with Crippen LogP contribution in [0.3, 0.4) is 0 Å². The molecule has 1 saturated heterocycles. The van der Waals surface area contributed by atoms with Gasteiger partial charge in [0.25, 0.3) is 0 Å². The first-order chi connectivity index (χ1) is 5.02. The molecule has 0 spiro atoms. The zero-order valence-corrected chi connectivity index (χ0v) is 5.47. The Hall–Kier alpha value is -0.370. The predicted molar refractivity (Wildman–Crippen MR) is 23.9 cm³/mol. The van der Waals surface area contributed by atoms with Crippen LogP contribution in [0.15, 0.2) is 0 Å². The number of hydrogen-bond acceptors (Lipinski definition) is 4. The summed E-state index contributed by atoms with van der Waals surface area (Å²) in [6.45, 7) is -0.604. The SMILES string of the molecule is COC1(C(F)(F)F)OCOO1. The highest BCUT2D eigenvalue weighted by Crippen LogP contribution is 2.38. The van der Waals surface area contributed by atoms with Gasteiger partial charge in [-0.05, 0) is 0 Å². The van der Waals surface area contributed by atoms with E-state index in [1.54, 1.807) is 0 Å². The van der Waals surface area contributed by atoms with Gasteiger partial charge in [0.05, 0.1) is 0 Å². The van der Waals surface area contributed by atoms with Crippen molar-refractivity contribution < 1.29 is 32.4 Å². The third kappa shape index (κ3) is 1.32. The van der Waals surface area contributed by atoms with Crippen LogP contribution in [0, 0.1) is 0 Å². The van der Waals surface area contributed by atoms with Crippen molar-refractivity contribution in [2.24, 2.45) is 0 Å². The molecule has 0 aromatic carbocycles. The van der Waals surface area contributed by atoms with Gasteiger partial charge in [0.15, 0.2) is 6.79 Å². The quantitative estimate of drug-likeness (QED) is 0.550. The largest absolute Gasteiger partial charge is 0.475 e. The molecule has 1 fully saturated rings. The molecule has 1 aliphatic heterocycles. The van der Waals surface area contributed by atoms with Gasteiger partial charge in [-0.2, -0.15) is 18.1 Å². The van der Waals surface area contributed by atoms with Crippen molar-refractivity contribution in [3.8, 4) is 0 Å². The van der Waals surface area contributed by atoms with E-state index in [9.17, 15) is 13.2 Å². The molecular formula is C4H5F3O4. The summed E-state index contributed by atoms with van der Waals surface area (Å²) in [5.74, 6) is -3.05. The van der Waals surface area contributed by atoms with E-state index in [4.69, 9.17) is 0 Å². The zero-order chi connectivity index (χ0) is 8.54. The molecule has 0 aromatic heterocycles. The normalized spacial score (nSPS) is 32.7. The smallest absolute Gasteiger partial charge is 0.322 e. The molecule has 1 heterocycles. The van der Waals surface area contributed by atoms with E-state index in [0.29, 0.717) is 0 Å². The average molecular weight is 174 g/mol. The maximum absolute atomic E-state index is 12.0. The monoisotopic (exact) mass is 174 g/mol. The van der Waals surface area contributed by atoms with Crippen LogP contribution in [0.2, 0.25) is 0 Å². The fourth-order valence-corrected chi connectivity index (χ4v) is 0.565. The Balaban J connectivity index is 2.75. The molecule has 1 atom stereocenters. The van der Waals surface area contributed by atoms with E-state index in [2.05, 4.69) is 19.2 Å². The zero-order valence-electron chi connectivity index (χ0n) is 5.47. The number of rotatable bonds is 1. The number of hydrogen-bond donors (Lipinski definition) is 0. The highest BCUT2D eigenvalue weighted by molar-refractivity contribution is 4.67. The van der Waals surface area contributed by atoms with Crippen molar-refractivity contribution in [3.05, 3.63) is 0 Å². The molecule has 0 aromatic rings. The number of methoxy groups -OCH3 is 1. The minimum absolute atomic E-state index is 0.604. The second-order valence-electron chi connectivity index (χ2n) is 1.72. The van der Waals surface area contributed by atoms with Gasteiger partial charge in [0.1, 0.15) is 0 Å². The lowest BCUT2D eigenvalue weighted by atomic mass is 10.5. The van der Waals surface area contributed by atoms with Crippen molar-refractivity contribution in [2.75, 3.05) is 13.9 Å². The van der Waals surface area contributed by atoms with Crippen LogP contribution in [-0.4, -0.2) is 26.1 Å². The lowest BCUT2D eigenvalue weighted by molar-refractivity contribution is -0.491. The second kappa shape index (κ2) is 2.59. The Morgan fingerprint density at radius 2 is 2.09 bits per heavy atom. The summed E-state index contributed by atoms with van der Waals surface area (Å²) in [6.07, 6.45) is -4.77. The Kier molecular flexibility index (Phi) is 2.06. The maximum Gasteiger partial charge on any atom is 0.475 e. The summed E-state index contributed by atoms with van der Waals surface area (Å²) < 4.78 is 43.9. The van der Waals surface area contributed by atoms with Crippen LogP contribution in [0.4, 0.5) is 13.2 Å². The van der Waals surface area contributed by atoms with E-state index >= 15 is 0 Å². The molecule has 0 saturated carbocycles. The standard InChI is InChI=1S/C4H5F3O4/c1-8-4(3(5,6)7)9-2-10-11-4/h2H2,1H3. The highest BCUT2D eigenvalue weighted by Gasteiger charge is 2.63. The molecule has 1 aliphatic rings. The van der Waals surface area contributed by atoms with Crippen molar-refractivity contribution in [2.45, 2.75) is 12.1 Å². The summed E-state index contributed by atoms with van der Waals surface area (Å²) in [6, 6.07) is 0. The molecule has 7 heteroatoms. The molecular weight excluding hydrogens is 169 g/mol. The van der Waals surface area contributed by atoms with Crippen LogP contribution < -0.4 is 0 Å². The minimum atomic E-state index is -4.77. The first-order valence-electron chi connectivity index (χ1n) is 2.58. The van der Waals surface area contributed by atoms with E-state index in [1.165, 1.54) is 0 Å². The summed E-state index contributed by atoms with van der Waals surface area (Å²) in [5.41, 5.74) is 0. The Morgan fingerprint density at radius 3 is 2.27 bits per heavy atom. The van der Waals surface area contributed by atoms with Gasteiger partial charge in [-0.15, -0.1) is 0 Å². The second-order valence-corrected chi connectivity index (χ2v) is 1.72. The minimum Gasteiger partial charge on any atom is -0.322 e. The topological polar surface area (TPSA) is 36.9 Å². The molecule has 11 heavy (non-hydrogen) atoms. The highest BCUT2D eigenvalue weighted by atomic mass is 19.4. The number of halogens is 3. The van der Waals surface area contributed by atoms with Gasteiger partial charge in [-0.25, -0.2) is 4.89 Å². The molecule has 0 N–H and O–H groups in total. The van der Waals surface area contributed by atoms with Gasteiger partial charge >= 0.3 is 12.1 Å². The van der Waals surface area contributed by atoms with Crippen molar-refractivity contribution in [1.29, 1.82) is 0 Å². The van der Waals surface area contributed by atoms with Crippen LogP contribution in [0.5, 0.6) is 0 Å². The summed E-state index contributed by atoms with van der Waals surface area (Å²) in [4.78, 5) is 7.70. The third-order valence-electron chi connectivity index (χ3n) is 1.08. The first-order valence-corrected chi connectivity index (χ1v) is 2.58. The summed E-state index contributed by atoms with van der Waals surface area (Å²) in [5, 5.41) is 0. The third-order valence-corrected chi connectivity index (χ3v) is 1.08. The van der Waals surface area contributed by atoms with E-state index in [-0.39, 0.29) is 0 Å². The molecule has 0 radical (unpaired) electrons. The van der Waals surface area contributed by atoms with Gasteiger partial charge in [0, 0.05) is 7.11 Å². The molecule has 1 rings (SSSR count). The molecule has 66 valence electrons. The Labute approximate surface area is 59.7 Å². The van der Waals surface area contributed by atoms with Gasteiger partial charge < -0.3 is 4.74 Å². The van der Waals surface area contributed by atoms with Crippen LogP contribution in [-0.2, 0) is 19.2 Å². The van der Waals surface area contributed by atoms with E-state index < -0.39 is 18.9 Å². The maximum atomic E-state index is 12.0. The Bertz CT molecular complexity index is 139. The fourth-order valence-electron chi connectivity index (χ4n) is 0.565. The molecule has 0 aliphatic carbocycles. The molecule has 1 unspecified atom stereocenters. The Morgan fingerprint density at radius 1 is 1.45 bits per heavy atom. The average Bonchev–Trinajstić information content (AvgIpc) is 2.33. The van der Waals surface area contributed by atoms with Gasteiger partial charge in [-0.1, -0.05) is 0 Å². The van der Waals surface area contributed by atoms with E-state index in [0.717, 1.165) is 7.11 Å². The van der Waals surface area contributed by atoms with Gasteiger partial charge in [0.2, 0.25) is 0 Å². The number of alkyl halides is 3. The van der Waals surface area contributed by atoms with Crippen LogP contribution >= 0.6 is 0 Å². The van der Waals surface area contributed by atoms with Crippen molar-refractivity contribution >= 4 is 0 Å². The predicted octanol–water partition coefficient (Wildman–Crippen LogP) is 0.785. The fraction of sp³-hybridized carbons (Fsp3) is 1.00. The molecule has 0 bridgehead atoms. The first kappa shape index (κ1) is 8.72.